The molecule has 0 unspecified atom stereocenters. The van der Waals surface area contributed by atoms with Gasteiger partial charge in [0.05, 0.1) is 25.7 Å². The van der Waals surface area contributed by atoms with Crippen molar-refractivity contribution in [3.8, 4) is 0 Å². The summed E-state index contributed by atoms with van der Waals surface area (Å²) >= 11 is 0. The molecule has 0 aromatic heterocycles. The Hall–Kier alpha value is -0.830. The van der Waals surface area contributed by atoms with E-state index in [2.05, 4.69) is 4.74 Å². The number of carbonyl (C=O) groups excluding carboxylic acids is 1. The van der Waals surface area contributed by atoms with Gasteiger partial charge in [0.25, 0.3) is 0 Å². The summed E-state index contributed by atoms with van der Waals surface area (Å²) in [5.41, 5.74) is -0.0871. The molecule has 0 rings (SSSR count). The Bertz CT molecular complexity index is 189. The lowest BCUT2D eigenvalue weighted by atomic mass is 10.2. The fourth-order valence-corrected chi connectivity index (χ4v) is 0.814. The lowest BCUT2D eigenvalue weighted by Gasteiger charge is -2.18. The van der Waals surface area contributed by atoms with Crippen molar-refractivity contribution < 1.29 is 14.3 Å². The summed E-state index contributed by atoms with van der Waals surface area (Å²) in [7, 11) is 1.39. The third kappa shape index (κ3) is 9.26. The van der Waals surface area contributed by atoms with Gasteiger partial charge in [0.2, 0.25) is 0 Å². The fourth-order valence-electron chi connectivity index (χ4n) is 0.814. The van der Waals surface area contributed by atoms with E-state index in [-0.39, 0.29) is 11.6 Å². The van der Waals surface area contributed by atoms with Crippen LogP contribution in [0.4, 0.5) is 0 Å². The molecule has 82 valence electrons. The van der Waals surface area contributed by atoms with Crippen LogP contribution in [0.15, 0.2) is 12.2 Å². The molecule has 0 atom stereocenters. The third-order valence-electron chi connectivity index (χ3n) is 1.50. The molecule has 0 fully saturated rings. The molecule has 3 nitrogen and oxygen atoms in total. The Kier molecular flexibility index (Phi) is 6.21. The van der Waals surface area contributed by atoms with Gasteiger partial charge in [-0.2, -0.15) is 0 Å². The number of carbonyl (C=O) groups is 1. The van der Waals surface area contributed by atoms with Crippen molar-refractivity contribution in [1.29, 1.82) is 0 Å². The first-order valence-corrected chi connectivity index (χ1v) is 4.81. The van der Waals surface area contributed by atoms with Crippen molar-refractivity contribution in [2.75, 3.05) is 13.7 Å². The highest BCUT2D eigenvalue weighted by molar-refractivity contribution is 5.70. The van der Waals surface area contributed by atoms with Crippen LogP contribution in [-0.4, -0.2) is 25.3 Å². The highest BCUT2D eigenvalue weighted by Gasteiger charge is 2.07. The first-order chi connectivity index (χ1) is 6.45. The molecule has 14 heavy (non-hydrogen) atoms. The molecule has 0 bridgehead atoms. The zero-order valence-electron chi connectivity index (χ0n) is 9.50. The quantitative estimate of drug-likeness (QED) is 0.388. The van der Waals surface area contributed by atoms with Crippen LogP contribution in [0.5, 0.6) is 0 Å². The van der Waals surface area contributed by atoms with E-state index in [1.807, 2.05) is 26.8 Å². The van der Waals surface area contributed by atoms with Gasteiger partial charge in [-0.05, 0) is 27.2 Å². The van der Waals surface area contributed by atoms with E-state index in [1.54, 1.807) is 6.08 Å². The highest BCUT2D eigenvalue weighted by atomic mass is 16.5. The van der Waals surface area contributed by atoms with E-state index < -0.39 is 0 Å². The predicted octanol–water partition coefficient (Wildman–Crippen LogP) is 2.31. The number of rotatable bonds is 5. The van der Waals surface area contributed by atoms with E-state index in [4.69, 9.17) is 4.74 Å². The minimum atomic E-state index is -0.210. The number of ether oxygens (including phenoxy) is 2. The van der Waals surface area contributed by atoms with Crippen LogP contribution >= 0.6 is 0 Å². The monoisotopic (exact) mass is 200 g/mol. The minimum Gasteiger partial charge on any atom is -0.469 e. The normalized spacial score (nSPS) is 12.0. The second-order valence-electron chi connectivity index (χ2n) is 4.00. The van der Waals surface area contributed by atoms with Crippen molar-refractivity contribution in [3.63, 3.8) is 0 Å². The van der Waals surface area contributed by atoms with Crippen molar-refractivity contribution in [2.24, 2.45) is 0 Å². The van der Waals surface area contributed by atoms with Crippen LogP contribution in [0, 0.1) is 0 Å². The highest BCUT2D eigenvalue weighted by Crippen LogP contribution is 2.06. The molecular formula is C11H20O3. The SMILES string of the molecule is COC(=O)C/C=C\CCOC(C)(C)C. The second kappa shape index (κ2) is 6.60. The van der Waals surface area contributed by atoms with Crippen LogP contribution in [-0.2, 0) is 14.3 Å². The molecule has 0 saturated carbocycles. The van der Waals surface area contributed by atoms with E-state index in [0.717, 1.165) is 6.42 Å². The zero-order chi connectivity index (χ0) is 11.0. The van der Waals surface area contributed by atoms with Crippen LogP contribution in [0.25, 0.3) is 0 Å². The number of esters is 1. The molecule has 0 saturated heterocycles. The van der Waals surface area contributed by atoms with Crippen LogP contribution in [0.3, 0.4) is 0 Å². The van der Waals surface area contributed by atoms with Crippen LogP contribution < -0.4 is 0 Å². The van der Waals surface area contributed by atoms with Crippen molar-refractivity contribution in [3.05, 3.63) is 12.2 Å². The molecule has 0 aromatic carbocycles. The van der Waals surface area contributed by atoms with Gasteiger partial charge in [0, 0.05) is 0 Å². The van der Waals surface area contributed by atoms with E-state index in [9.17, 15) is 4.79 Å². The molecule has 0 radical (unpaired) electrons. The van der Waals surface area contributed by atoms with Gasteiger partial charge in [0.1, 0.15) is 0 Å². The predicted molar refractivity (Wildman–Crippen MR) is 56.1 cm³/mol. The fraction of sp³-hybridized carbons (Fsp3) is 0.727. The molecule has 0 heterocycles. The van der Waals surface area contributed by atoms with Crippen LogP contribution in [0.2, 0.25) is 0 Å². The molecule has 0 spiro atoms. The largest absolute Gasteiger partial charge is 0.469 e. The number of methoxy groups -OCH3 is 1. The lowest BCUT2D eigenvalue weighted by Crippen LogP contribution is -2.19. The Morgan fingerprint density at radius 1 is 1.29 bits per heavy atom. The van der Waals surface area contributed by atoms with Gasteiger partial charge in [-0.25, -0.2) is 0 Å². The number of hydrogen-bond donors (Lipinski definition) is 0. The molecule has 0 aliphatic heterocycles. The molecule has 3 heteroatoms. The van der Waals surface area contributed by atoms with Crippen molar-refractivity contribution >= 4 is 5.97 Å². The molecule has 0 aromatic rings. The van der Waals surface area contributed by atoms with Gasteiger partial charge >= 0.3 is 5.97 Å². The number of hydrogen-bond acceptors (Lipinski definition) is 3. The second-order valence-corrected chi connectivity index (χ2v) is 4.00. The smallest absolute Gasteiger partial charge is 0.309 e. The first kappa shape index (κ1) is 13.2. The molecule has 0 aliphatic rings. The van der Waals surface area contributed by atoms with E-state index in [1.165, 1.54) is 7.11 Å². The average Bonchev–Trinajstić information content (AvgIpc) is 2.08. The van der Waals surface area contributed by atoms with Crippen molar-refractivity contribution in [2.45, 2.75) is 39.2 Å². The molecule has 0 N–H and O–H groups in total. The first-order valence-electron chi connectivity index (χ1n) is 4.81. The summed E-state index contributed by atoms with van der Waals surface area (Å²) in [6, 6.07) is 0. The summed E-state index contributed by atoms with van der Waals surface area (Å²) in [5.74, 6) is -0.210. The molecular weight excluding hydrogens is 180 g/mol. The Labute approximate surface area is 86.1 Å². The lowest BCUT2D eigenvalue weighted by molar-refractivity contribution is -0.139. The summed E-state index contributed by atoms with van der Waals surface area (Å²) in [6.07, 6.45) is 4.90. The average molecular weight is 200 g/mol. The maximum absolute atomic E-state index is 10.7. The van der Waals surface area contributed by atoms with Gasteiger partial charge in [0.15, 0.2) is 0 Å². The summed E-state index contributed by atoms with van der Waals surface area (Å²) in [4.78, 5) is 10.7. The maximum atomic E-state index is 10.7. The zero-order valence-corrected chi connectivity index (χ0v) is 9.50. The van der Waals surface area contributed by atoms with Crippen LogP contribution in [0.1, 0.15) is 33.6 Å². The van der Waals surface area contributed by atoms with E-state index in [0.29, 0.717) is 13.0 Å². The topological polar surface area (TPSA) is 35.5 Å². The minimum absolute atomic E-state index is 0.0871. The molecule has 0 amide bonds. The van der Waals surface area contributed by atoms with Gasteiger partial charge in [-0.15, -0.1) is 0 Å². The third-order valence-corrected chi connectivity index (χ3v) is 1.50. The van der Waals surface area contributed by atoms with Gasteiger partial charge < -0.3 is 9.47 Å². The Morgan fingerprint density at radius 2 is 1.93 bits per heavy atom. The summed E-state index contributed by atoms with van der Waals surface area (Å²) < 4.78 is 9.98. The standard InChI is InChI=1S/C11H20O3/c1-11(2,3)14-9-7-5-6-8-10(12)13-4/h5-6H,7-9H2,1-4H3/b6-5-. The Morgan fingerprint density at radius 3 is 2.43 bits per heavy atom. The van der Waals surface area contributed by atoms with Crippen molar-refractivity contribution in [1.82, 2.24) is 0 Å². The summed E-state index contributed by atoms with van der Waals surface area (Å²) in [6.45, 7) is 6.74. The maximum Gasteiger partial charge on any atom is 0.309 e. The summed E-state index contributed by atoms with van der Waals surface area (Å²) in [5, 5.41) is 0. The van der Waals surface area contributed by atoms with E-state index >= 15 is 0 Å². The Balaban J connectivity index is 3.41. The molecule has 0 aliphatic carbocycles. The van der Waals surface area contributed by atoms with Gasteiger partial charge in [-0.1, -0.05) is 12.2 Å². The van der Waals surface area contributed by atoms with Gasteiger partial charge in [-0.3, -0.25) is 4.79 Å².